The van der Waals surface area contributed by atoms with Crippen LogP contribution in [0.4, 0.5) is 13.2 Å². The molecule has 0 aliphatic heterocycles. The topological polar surface area (TPSA) is 68.0 Å². The average Bonchev–Trinajstić information content (AvgIpc) is 3.17. The molecule has 1 amide bonds. The Balaban J connectivity index is 1.49. The zero-order chi connectivity index (χ0) is 20.9. The molecule has 0 radical (unpaired) electrons. The Hall–Kier alpha value is -3.16. The van der Waals surface area contributed by atoms with E-state index in [1.165, 1.54) is 6.07 Å². The number of aromatic nitrogens is 2. The molecule has 29 heavy (non-hydrogen) atoms. The first kappa shape index (κ1) is 20.6. The number of halogens is 3. The minimum Gasteiger partial charge on any atom is -0.350 e. The second kappa shape index (κ2) is 8.89. The Labute approximate surface area is 165 Å². The van der Waals surface area contributed by atoms with Crippen molar-refractivity contribution in [2.24, 2.45) is 0 Å². The zero-order valence-electron chi connectivity index (χ0n) is 15.7. The van der Waals surface area contributed by atoms with Crippen LogP contribution in [0.15, 0.2) is 59.1 Å². The number of hydrogen-bond donors (Lipinski definition) is 1. The predicted molar refractivity (Wildman–Crippen MR) is 101 cm³/mol. The molecule has 8 heteroatoms. The lowest BCUT2D eigenvalue weighted by Crippen LogP contribution is -2.26. The highest BCUT2D eigenvalue weighted by Gasteiger charge is 2.30. The van der Waals surface area contributed by atoms with E-state index in [0.717, 1.165) is 17.7 Å². The Morgan fingerprint density at radius 2 is 1.90 bits per heavy atom. The summed E-state index contributed by atoms with van der Waals surface area (Å²) in [5, 5.41) is 6.64. The molecule has 1 N–H and O–H groups in total. The van der Waals surface area contributed by atoms with Gasteiger partial charge in [-0.3, -0.25) is 4.79 Å². The molecule has 1 atom stereocenters. The third kappa shape index (κ3) is 5.66. The molecule has 1 aromatic heterocycles. The molecule has 152 valence electrons. The largest absolute Gasteiger partial charge is 0.416 e. The van der Waals surface area contributed by atoms with Crippen molar-refractivity contribution in [3.63, 3.8) is 0 Å². The summed E-state index contributed by atoms with van der Waals surface area (Å²) in [6.45, 7) is 1.65. The summed E-state index contributed by atoms with van der Waals surface area (Å²) in [4.78, 5) is 16.4. The normalized spacial score (nSPS) is 12.6. The van der Waals surface area contributed by atoms with Crippen molar-refractivity contribution in [3.05, 3.63) is 71.6 Å². The van der Waals surface area contributed by atoms with Crippen LogP contribution in [0.5, 0.6) is 0 Å². The Bertz CT molecular complexity index is 955. The van der Waals surface area contributed by atoms with Crippen LogP contribution < -0.4 is 5.32 Å². The van der Waals surface area contributed by atoms with E-state index in [1.54, 1.807) is 13.0 Å². The minimum absolute atomic E-state index is 0.201. The van der Waals surface area contributed by atoms with E-state index in [9.17, 15) is 18.0 Å². The van der Waals surface area contributed by atoms with E-state index >= 15 is 0 Å². The van der Waals surface area contributed by atoms with Crippen molar-refractivity contribution < 1.29 is 22.5 Å². The van der Waals surface area contributed by atoms with Gasteiger partial charge in [-0.1, -0.05) is 47.6 Å². The van der Waals surface area contributed by atoms with Crippen molar-refractivity contribution >= 4 is 5.91 Å². The van der Waals surface area contributed by atoms with Gasteiger partial charge in [-0.05, 0) is 31.0 Å². The molecule has 0 bridgehead atoms. The average molecular weight is 403 g/mol. The summed E-state index contributed by atoms with van der Waals surface area (Å²) in [6.07, 6.45) is -3.29. The van der Waals surface area contributed by atoms with Crippen LogP contribution in [0.1, 0.15) is 42.8 Å². The maximum atomic E-state index is 12.8. The van der Waals surface area contributed by atoms with Gasteiger partial charge in [0, 0.05) is 18.4 Å². The van der Waals surface area contributed by atoms with Crippen LogP contribution in [0.25, 0.3) is 11.4 Å². The number of benzene rings is 2. The van der Waals surface area contributed by atoms with Gasteiger partial charge in [0.1, 0.15) is 0 Å². The smallest absolute Gasteiger partial charge is 0.350 e. The van der Waals surface area contributed by atoms with Crippen molar-refractivity contribution in [1.29, 1.82) is 0 Å². The molecule has 3 rings (SSSR count). The fourth-order valence-electron chi connectivity index (χ4n) is 2.84. The maximum absolute atomic E-state index is 12.8. The van der Waals surface area contributed by atoms with Gasteiger partial charge in [0.25, 0.3) is 0 Å². The van der Waals surface area contributed by atoms with Crippen LogP contribution >= 0.6 is 0 Å². The molecule has 1 unspecified atom stereocenters. The van der Waals surface area contributed by atoms with Gasteiger partial charge in [0.15, 0.2) is 0 Å². The molecular formula is C21H20F3N3O2. The quantitative estimate of drug-likeness (QED) is 0.606. The van der Waals surface area contributed by atoms with E-state index in [2.05, 4.69) is 15.5 Å². The highest BCUT2D eigenvalue weighted by Crippen LogP contribution is 2.30. The second-order valence-electron chi connectivity index (χ2n) is 6.64. The highest BCUT2D eigenvalue weighted by atomic mass is 19.4. The van der Waals surface area contributed by atoms with Crippen LogP contribution in [-0.2, 0) is 17.4 Å². The molecule has 0 saturated carbocycles. The number of carbonyl (C=O) groups is 1. The van der Waals surface area contributed by atoms with Crippen LogP contribution in [0.2, 0.25) is 0 Å². The number of amides is 1. The zero-order valence-corrected chi connectivity index (χ0v) is 15.7. The van der Waals surface area contributed by atoms with Gasteiger partial charge in [-0.25, -0.2) is 0 Å². The Kier molecular flexibility index (Phi) is 6.31. The summed E-state index contributed by atoms with van der Waals surface area (Å²) >= 11 is 0. The van der Waals surface area contributed by atoms with E-state index in [4.69, 9.17) is 4.52 Å². The first-order valence-electron chi connectivity index (χ1n) is 9.17. The van der Waals surface area contributed by atoms with Crippen LogP contribution in [-0.4, -0.2) is 16.0 Å². The SMILES string of the molecule is CC(NC(=O)CCCc1nc(-c2ccccc2)no1)c1cccc(C(F)(F)F)c1. The fraction of sp³-hybridized carbons (Fsp3) is 0.286. The number of nitrogens with one attached hydrogen (secondary N) is 1. The van der Waals surface area contributed by atoms with Gasteiger partial charge in [-0.15, -0.1) is 0 Å². The number of alkyl halides is 3. The lowest BCUT2D eigenvalue weighted by atomic mass is 10.0. The number of carbonyl (C=O) groups excluding carboxylic acids is 1. The van der Waals surface area contributed by atoms with E-state index in [1.807, 2.05) is 30.3 Å². The molecule has 0 aliphatic rings. The minimum atomic E-state index is -4.41. The number of rotatable bonds is 7. The lowest BCUT2D eigenvalue weighted by molar-refractivity contribution is -0.137. The molecule has 0 spiro atoms. The number of aryl methyl sites for hydroxylation is 1. The molecular weight excluding hydrogens is 383 g/mol. The first-order valence-corrected chi connectivity index (χ1v) is 9.17. The van der Waals surface area contributed by atoms with Gasteiger partial charge < -0.3 is 9.84 Å². The van der Waals surface area contributed by atoms with Gasteiger partial charge in [-0.2, -0.15) is 18.2 Å². The molecule has 0 aliphatic carbocycles. The van der Waals surface area contributed by atoms with E-state index in [0.29, 0.717) is 30.1 Å². The highest BCUT2D eigenvalue weighted by molar-refractivity contribution is 5.76. The van der Waals surface area contributed by atoms with Crippen LogP contribution in [0, 0.1) is 0 Å². The number of nitrogens with zero attached hydrogens (tertiary/aromatic N) is 2. The molecule has 2 aromatic carbocycles. The Morgan fingerprint density at radius 3 is 2.62 bits per heavy atom. The Morgan fingerprint density at radius 1 is 1.14 bits per heavy atom. The summed E-state index contributed by atoms with van der Waals surface area (Å²) in [6, 6.07) is 13.8. The van der Waals surface area contributed by atoms with Crippen molar-refractivity contribution in [3.8, 4) is 11.4 Å². The summed E-state index contributed by atoms with van der Waals surface area (Å²) in [7, 11) is 0. The van der Waals surface area contributed by atoms with Gasteiger partial charge in [0.2, 0.25) is 17.6 Å². The maximum Gasteiger partial charge on any atom is 0.416 e. The molecule has 0 saturated heterocycles. The van der Waals surface area contributed by atoms with Crippen molar-refractivity contribution in [1.82, 2.24) is 15.5 Å². The summed E-state index contributed by atoms with van der Waals surface area (Å²) in [5.41, 5.74) is 0.509. The third-order valence-electron chi connectivity index (χ3n) is 4.39. The van der Waals surface area contributed by atoms with Gasteiger partial charge in [0.05, 0.1) is 11.6 Å². The van der Waals surface area contributed by atoms with E-state index in [-0.39, 0.29) is 12.3 Å². The van der Waals surface area contributed by atoms with Crippen molar-refractivity contribution in [2.45, 2.75) is 38.4 Å². The fourth-order valence-corrected chi connectivity index (χ4v) is 2.84. The first-order chi connectivity index (χ1) is 13.8. The molecule has 0 fully saturated rings. The summed E-state index contributed by atoms with van der Waals surface area (Å²) in [5.74, 6) is 0.670. The standard InChI is InChI=1S/C21H20F3N3O2/c1-14(16-9-5-10-17(13-16)21(22,23)24)25-18(28)11-6-12-19-26-20(27-29-19)15-7-3-2-4-8-15/h2-5,7-10,13-14H,6,11-12H2,1H3,(H,25,28). The van der Waals surface area contributed by atoms with E-state index < -0.39 is 17.8 Å². The summed E-state index contributed by atoms with van der Waals surface area (Å²) < 4.78 is 43.7. The van der Waals surface area contributed by atoms with Crippen molar-refractivity contribution in [2.75, 3.05) is 0 Å². The number of hydrogen-bond acceptors (Lipinski definition) is 4. The van der Waals surface area contributed by atoms with Gasteiger partial charge >= 0.3 is 6.18 Å². The molecule has 3 aromatic rings. The molecule has 5 nitrogen and oxygen atoms in total. The van der Waals surface area contributed by atoms with Crippen LogP contribution in [0.3, 0.4) is 0 Å². The lowest BCUT2D eigenvalue weighted by Gasteiger charge is -2.16. The molecule has 1 heterocycles. The predicted octanol–water partition coefficient (Wildman–Crippen LogP) is 4.96. The third-order valence-corrected chi connectivity index (χ3v) is 4.39. The monoisotopic (exact) mass is 403 g/mol. The second-order valence-corrected chi connectivity index (χ2v) is 6.64.